The molecule has 6 aromatic rings. The van der Waals surface area contributed by atoms with Crippen molar-refractivity contribution in [3.63, 3.8) is 0 Å². The van der Waals surface area contributed by atoms with E-state index in [0.717, 1.165) is 166 Å². The minimum atomic E-state index is -1.29. The zero-order valence-corrected chi connectivity index (χ0v) is 53.8. The van der Waals surface area contributed by atoms with Crippen LogP contribution in [0, 0.1) is 13.8 Å². The van der Waals surface area contributed by atoms with E-state index in [1.807, 2.05) is 28.0 Å². The predicted molar refractivity (Wildman–Crippen MR) is 349 cm³/mol. The molecular weight excluding hydrogens is 1120 g/mol. The van der Waals surface area contributed by atoms with Crippen molar-refractivity contribution < 1.29 is 23.7 Å². The lowest BCUT2D eigenvalue weighted by atomic mass is 9.95. The van der Waals surface area contributed by atoms with Crippen LogP contribution in [0.4, 0.5) is 22.0 Å². The lowest BCUT2D eigenvalue weighted by Crippen LogP contribution is -2.56. The average Bonchev–Trinajstić information content (AvgIpc) is 1.04. The van der Waals surface area contributed by atoms with Crippen molar-refractivity contribution in [2.75, 3.05) is 146 Å². The minimum Gasteiger partial charge on any atom is -0.462 e. The van der Waals surface area contributed by atoms with Crippen LogP contribution in [0.15, 0.2) is 77.2 Å². The van der Waals surface area contributed by atoms with Crippen molar-refractivity contribution >= 4 is 59.0 Å². The normalized spacial score (nSPS) is 20.8. The second-order valence-electron chi connectivity index (χ2n) is 26.4. The van der Waals surface area contributed by atoms with Crippen LogP contribution in [0.2, 0.25) is 25.7 Å². The maximum Gasteiger partial charge on any atom is 0.410 e. The van der Waals surface area contributed by atoms with Crippen LogP contribution in [0.25, 0.3) is 21.8 Å². The number of aromatic amines is 1. The molecule has 4 fully saturated rings. The highest BCUT2D eigenvalue weighted by Gasteiger charge is 2.44. The highest BCUT2D eigenvalue weighted by atomic mass is 28.3. The maximum atomic E-state index is 14.5. The summed E-state index contributed by atoms with van der Waals surface area (Å²) in [5.41, 5.74) is 13.0. The molecule has 1 amide bonds. The van der Waals surface area contributed by atoms with Gasteiger partial charge >= 0.3 is 12.1 Å². The van der Waals surface area contributed by atoms with Gasteiger partial charge in [-0.1, -0.05) is 68.9 Å². The highest BCUT2D eigenvalue weighted by Crippen LogP contribution is 2.41. The van der Waals surface area contributed by atoms with E-state index in [1.54, 1.807) is 0 Å². The summed E-state index contributed by atoms with van der Waals surface area (Å²) in [5.74, 6) is 0.599. The number of amidine groups is 1. The van der Waals surface area contributed by atoms with E-state index in [2.05, 4.69) is 126 Å². The van der Waals surface area contributed by atoms with E-state index >= 15 is 0 Å². The topological polar surface area (TPSA) is 185 Å². The van der Waals surface area contributed by atoms with Gasteiger partial charge in [-0.2, -0.15) is 20.2 Å². The molecule has 7 aliphatic heterocycles. The summed E-state index contributed by atoms with van der Waals surface area (Å²) in [4.78, 5) is 47.2. The Bertz CT molecular complexity index is 3480. The van der Waals surface area contributed by atoms with Crippen LogP contribution in [0.5, 0.6) is 6.01 Å². The summed E-state index contributed by atoms with van der Waals surface area (Å²) < 4.78 is 28.4. The molecule has 3 aromatic heterocycles. The second-order valence-corrected chi connectivity index (χ2v) is 32.0. The fourth-order valence-electron chi connectivity index (χ4n) is 14.2. The molecule has 0 spiro atoms. The highest BCUT2D eigenvalue weighted by molar-refractivity contribution is 6.76. The van der Waals surface area contributed by atoms with E-state index in [4.69, 9.17) is 39.0 Å². The van der Waals surface area contributed by atoms with Gasteiger partial charge in [-0.15, -0.1) is 0 Å². The molecular formula is C66H92N16O5Si. The van der Waals surface area contributed by atoms with Gasteiger partial charge < -0.3 is 59.0 Å². The zero-order valence-electron chi connectivity index (χ0n) is 52.8. The van der Waals surface area contributed by atoms with Crippen molar-refractivity contribution in [1.29, 1.82) is 0 Å². The molecule has 13 rings (SSSR count). The van der Waals surface area contributed by atoms with Gasteiger partial charge in [0.1, 0.15) is 31.6 Å². The van der Waals surface area contributed by atoms with Crippen LogP contribution < -0.4 is 30.1 Å². The van der Waals surface area contributed by atoms with Crippen molar-refractivity contribution in [1.82, 2.24) is 60.2 Å². The number of carbonyl (C=O) groups excluding carboxylic acids is 1. The number of benzene rings is 3. The third-order valence-electron chi connectivity index (χ3n) is 19.1. The van der Waals surface area contributed by atoms with Crippen molar-refractivity contribution in [3.8, 4) is 6.01 Å². The quantitative estimate of drug-likeness (QED) is 0.0520. The number of nitrogens with zero attached hydrogens (tertiary/aromatic N) is 13. The van der Waals surface area contributed by atoms with Crippen LogP contribution in [0.3, 0.4) is 0 Å². The Kier molecular flexibility index (Phi) is 18.2. The van der Waals surface area contributed by atoms with Gasteiger partial charge in [-0.05, 0) is 113 Å². The van der Waals surface area contributed by atoms with Crippen LogP contribution >= 0.6 is 0 Å². The molecule has 3 aromatic carbocycles. The number of carbonyl (C=O) groups is 1. The molecule has 3 N–H and O–H groups in total. The number of aliphatic imine (C=N–C) groups is 1. The molecule has 4 saturated heterocycles. The van der Waals surface area contributed by atoms with E-state index in [0.29, 0.717) is 65.2 Å². The number of fused-ring (bicyclic) bond motifs is 3. The Morgan fingerprint density at radius 2 is 1.41 bits per heavy atom. The minimum absolute atomic E-state index is 0.0564. The molecule has 7 aliphatic rings. The van der Waals surface area contributed by atoms with E-state index < -0.39 is 13.9 Å². The molecule has 0 radical (unpaired) electrons. The number of hydrogen-bond donors (Lipinski definition) is 3. The van der Waals surface area contributed by atoms with E-state index in [-0.39, 0.29) is 12.7 Å². The molecule has 1 unspecified atom stereocenters. The van der Waals surface area contributed by atoms with Gasteiger partial charge in [0, 0.05) is 126 Å². The van der Waals surface area contributed by atoms with Gasteiger partial charge in [-0.3, -0.25) is 10.00 Å². The largest absolute Gasteiger partial charge is 0.462 e. The first-order valence-corrected chi connectivity index (χ1v) is 36.5. The maximum absolute atomic E-state index is 14.5. The lowest BCUT2D eigenvalue weighted by Gasteiger charge is -2.46. The summed E-state index contributed by atoms with van der Waals surface area (Å²) in [6.07, 6.45) is 12.6. The number of nitrogens with one attached hydrogen (secondary N) is 3. The van der Waals surface area contributed by atoms with Gasteiger partial charge in [0.25, 0.3) is 5.85 Å². The number of likely N-dealkylation sites (tertiary alicyclic amines) is 2. The number of aromatic nitrogens is 6. The Labute approximate surface area is 519 Å². The molecule has 0 aliphatic carbocycles. The van der Waals surface area contributed by atoms with E-state index in [1.165, 1.54) is 66.6 Å². The fourth-order valence-corrected chi connectivity index (χ4v) is 14.9. The average molecular weight is 1220 g/mol. The molecule has 1 atom stereocenters. The number of anilines is 3. The number of ether oxygens (including phenoxy) is 4. The number of H-pyrrole nitrogens is 1. The van der Waals surface area contributed by atoms with Crippen molar-refractivity contribution in [2.45, 2.75) is 117 Å². The lowest BCUT2D eigenvalue weighted by molar-refractivity contribution is -0.0745. The Morgan fingerprint density at radius 1 is 0.693 bits per heavy atom. The van der Waals surface area contributed by atoms with Crippen LogP contribution in [-0.2, 0) is 46.4 Å². The smallest absolute Gasteiger partial charge is 0.410 e. The summed E-state index contributed by atoms with van der Waals surface area (Å²) in [6, 6.07) is 18.4. The van der Waals surface area contributed by atoms with E-state index in [9.17, 15) is 4.79 Å². The SMILES string of the molecule is Cc1ccc2[nH]ncc2c1N1CCC2=C(C1)NC(OCCN1CCCCC1)(c1ccccc1COC(=O)N1CCN(c3nc(OCCN4CCCCC4)nc4c3CCN(c3c(C)ccc5c3cnn5COCC[Si](C)(C)C)C4)CC1)N=C2N1CCNCC1. The molecule has 88 heavy (non-hydrogen) atoms. The number of amides is 1. The Hall–Kier alpha value is -6.82. The third kappa shape index (κ3) is 13.2. The van der Waals surface area contributed by atoms with Gasteiger partial charge in [-0.25, -0.2) is 14.5 Å². The number of aryl methyl sites for hydroxylation is 2. The Balaban J connectivity index is 0.731. The first-order chi connectivity index (χ1) is 42.9. The van der Waals surface area contributed by atoms with Crippen molar-refractivity contribution in [3.05, 3.63) is 106 Å². The third-order valence-corrected chi connectivity index (χ3v) is 20.8. The molecule has 21 nitrogen and oxygen atoms in total. The van der Waals surface area contributed by atoms with Crippen LogP contribution in [-0.4, -0.2) is 201 Å². The number of piperidine rings is 2. The Morgan fingerprint density at radius 3 is 2.18 bits per heavy atom. The van der Waals surface area contributed by atoms with Gasteiger partial charge in [0.15, 0.2) is 0 Å². The first-order valence-electron chi connectivity index (χ1n) is 32.8. The summed E-state index contributed by atoms with van der Waals surface area (Å²) in [5, 5.41) is 22.3. The molecule has 470 valence electrons. The molecule has 0 saturated carbocycles. The number of piperazine rings is 2. The zero-order chi connectivity index (χ0) is 60.2. The monoisotopic (exact) mass is 1220 g/mol. The van der Waals surface area contributed by atoms with Gasteiger partial charge in [0.2, 0.25) is 0 Å². The van der Waals surface area contributed by atoms with Crippen LogP contribution in [0.1, 0.15) is 78.5 Å². The predicted octanol–water partition coefficient (Wildman–Crippen LogP) is 8.20. The molecule has 22 heteroatoms. The second kappa shape index (κ2) is 26.7. The summed E-state index contributed by atoms with van der Waals surface area (Å²) in [6.45, 7) is 28.2. The number of hydrogen-bond acceptors (Lipinski definition) is 18. The molecule has 10 heterocycles. The fraction of sp³-hybridized carbons (Fsp3) is 0.576. The summed E-state index contributed by atoms with van der Waals surface area (Å²) >= 11 is 0. The molecule has 0 bridgehead atoms. The van der Waals surface area contributed by atoms with Gasteiger partial charge in [0.05, 0.1) is 60.2 Å². The number of rotatable bonds is 19. The standard InChI is InChI=1S/C66H92N16O5Si/c1-48-16-18-56-53(42-68-74-56)60(48)81-29-21-52-58(45-81)72-66(73-63(52)77-30-22-67-23-31-77,87-39-37-76-26-12-7-13-27-76)55-15-9-8-14-50(55)46-86-65(83)79-34-32-78(33-35-79)62-51-20-28-80(44-57(51)70-64(71-62)85-38-36-75-24-10-6-11-25-75)61-49(2)17-19-59-54(61)43-69-82(59)47-84-40-41-88(3,4)5/h8-9,14-19,42-43,67,72H,6-7,10-13,20-41,44-47H2,1-5H3,(H,68,74). The van der Waals surface area contributed by atoms with Crippen molar-refractivity contribution in [2.24, 2.45) is 4.99 Å². The summed E-state index contributed by atoms with van der Waals surface area (Å²) in [7, 11) is -1.21. The first kappa shape index (κ1) is 60.1.